The van der Waals surface area contributed by atoms with Crippen molar-refractivity contribution in [2.45, 2.75) is 32.5 Å². The van der Waals surface area contributed by atoms with Gasteiger partial charge in [-0.1, -0.05) is 18.2 Å². The predicted molar refractivity (Wildman–Crippen MR) is 79.0 cm³/mol. The Labute approximate surface area is 116 Å². The molecule has 1 saturated heterocycles. The zero-order valence-corrected chi connectivity index (χ0v) is 12.0. The zero-order valence-electron chi connectivity index (χ0n) is 12.0. The van der Waals surface area contributed by atoms with Crippen molar-refractivity contribution in [2.24, 2.45) is 0 Å². The summed E-state index contributed by atoms with van der Waals surface area (Å²) in [4.78, 5) is 5.03. The molecule has 1 N–H and O–H groups in total. The molecule has 3 heteroatoms. The van der Waals surface area contributed by atoms with Crippen molar-refractivity contribution in [2.75, 3.05) is 33.2 Å². The van der Waals surface area contributed by atoms with Crippen molar-refractivity contribution in [3.05, 3.63) is 34.9 Å². The second-order valence-corrected chi connectivity index (χ2v) is 5.99. The van der Waals surface area contributed by atoms with Gasteiger partial charge in [0.2, 0.25) is 0 Å². The van der Waals surface area contributed by atoms with E-state index in [0.717, 1.165) is 19.6 Å². The normalized spacial score (nSPS) is 19.3. The van der Waals surface area contributed by atoms with E-state index in [2.05, 4.69) is 40.4 Å². The van der Waals surface area contributed by atoms with E-state index < -0.39 is 0 Å². The van der Waals surface area contributed by atoms with Gasteiger partial charge in [0.25, 0.3) is 0 Å². The Morgan fingerprint density at radius 1 is 1.16 bits per heavy atom. The fraction of sp³-hybridized carbons (Fsp3) is 0.625. The summed E-state index contributed by atoms with van der Waals surface area (Å²) in [5.74, 6) is 0. The number of hydrogen-bond acceptors (Lipinski definition) is 3. The lowest BCUT2D eigenvalue weighted by molar-refractivity contribution is 0.252. The number of likely N-dealkylation sites (tertiary alicyclic amines) is 1. The summed E-state index contributed by atoms with van der Waals surface area (Å²) in [7, 11) is 2.24. The predicted octanol–water partition coefficient (Wildman–Crippen LogP) is 1.82. The highest BCUT2D eigenvalue weighted by molar-refractivity contribution is 5.34. The Bertz CT molecular complexity index is 424. The molecule has 1 aromatic rings. The van der Waals surface area contributed by atoms with Crippen molar-refractivity contribution in [3.8, 4) is 0 Å². The topological polar surface area (TPSA) is 18.5 Å². The molecule has 2 heterocycles. The second kappa shape index (κ2) is 6.04. The quantitative estimate of drug-likeness (QED) is 0.870. The Morgan fingerprint density at radius 2 is 1.95 bits per heavy atom. The highest BCUT2D eigenvalue weighted by atomic mass is 15.2. The molecule has 3 rings (SSSR count). The fourth-order valence-corrected chi connectivity index (χ4v) is 3.16. The van der Waals surface area contributed by atoms with Gasteiger partial charge in [-0.05, 0) is 49.7 Å². The minimum absolute atomic E-state index is 1.04. The maximum Gasteiger partial charge on any atom is 0.0231 e. The molecular formula is C16H25N3. The van der Waals surface area contributed by atoms with Gasteiger partial charge in [-0.15, -0.1) is 0 Å². The molecule has 0 amide bonds. The third-order valence-electron chi connectivity index (χ3n) is 4.35. The van der Waals surface area contributed by atoms with Crippen LogP contribution >= 0.6 is 0 Å². The number of nitrogens with one attached hydrogen (secondary N) is 1. The number of likely N-dealkylation sites (N-methyl/N-ethyl adjacent to an activating group) is 1. The van der Waals surface area contributed by atoms with E-state index in [0.29, 0.717) is 0 Å². The second-order valence-electron chi connectivity index (χ2n) is 5.99. The van der Waals surface area contributed by atoms with Crippen molar-refractivity contribution in [3.63, 3.8) is 0 Å². The summed E-state index contributed by atoms with van der Waals surface area (Å²) in [5.41, 5.74) is 4.42. The van der Waals surface area contributed by atoms with E-state index in [1.165, 1.54) is 55.7 Å². The molecule has 0 aliphatic carbocycles. The highest BCUT2D eigenvalue weighted by Gasteiger charge is 2.13. The lowest BCUT2D eigenvalue weighted by Crippen LogP contribution is -2.31. The number of rotatable bonds is 5. The van der Waals surface area contributed by atoms with E-state index in [-0.39, 0.29) is 0 Å². The molecule has 2 aliphatic rings. The van der Waals surface area contributed by atoms with Gasteiger partial charge in [0.1, 0.15) is 0 Å². The SMILES string of the molecule is CN(CCN1CCCC1)Cc1ccc2c(c1)CNC2. The van der Waals surface area contributed by atoms with Crippen LogP contribution in [0.15, 0.2) is 18.2 Å². The Balaban J connectivity index is 1.49. The molecule has 0 bridgehead atoms. The third kappa shape index (κ3) is 3.35. The lowest BCUT2D eigenvalue weighted by Gasteiger charge is -2.21. The molecule has 0 atom stereocenters. The first kappa shape index (κ1) is 13.1. The lowest BCUT2D eigenvalue weighted by atomic mass is 10.1. The van der Waals surface area contributed by atoms with Crippen LogP contribution in [0.2, 0.25) is 0 Å². The summed E-state index contributed by atoms with van der Waals surface area (Å²) in [5, 5.41) is 3.41. The monoisotopic (exact) mass is 259 g/mol. The standard InChI is InChI=1S/C16H25N3/c1-18(8-9-19-6-2-3-7-19)13-14-4-5-15-11-17-12-16(15)10-14/h4-5,10,17H,2-3,6-9,11-13H2,1H3. The van der Waals surface area contributed by atoms with Crippen LogP contribution in [0.4, 0.5) is 0 Å². The first-order valence-corrected chi connectivity index (χ1v) is 7.53. The number of hydrogen-bond donors (Lipinski definition) is 1. The number of fused-ring (bicyclic) bond motifs is 1. The molecule has 0 radical (unpaired) electrons. The highest BCUT2D eigenvalue weighted by Crippen LogP contribution is 2.17. The first-order chi connectivity index (χ1) is 9.31. The summed E-state index contributed by atoms with van der Waals surface area (Å²) < 4.78 is 0. The van der Waals surface area contributed by atoms with Crippen molar-refractivity contribution in [1.82, 2.24) is 15.1 Å². The van der Waals surface area contributed by atoms with Gasteiger partial charge < -0.3 is 15.1 Å². The van der Waals surface area contributed by atoms with Crippen molar-refractivity contribution < 1.29 is 0 Å². The van der Waals surface area contributed by atoms with Crippen LogP contribution in [0.1, 0.15) is 29.5 Å². The van der Waals surface area contributed by atoms with Crippen LogP contribution in [-0.4, -0.2) is 43.0 Å². The molecule has 2 aliphatic heterocycles. The van der Waals surface area contributed by atoms with Gasteiger partial charge in [-0.25, -0.2) is 0 Å². The molecule has 0 spiro atoms. The summed E-state index contributed by atoms with van der Waals surface area (Å²) in [6.07, 6.45) is 2.78. The van der Waals surface area contributed by atoms with Gasteiger partial charge in [0, 0.05) is 32.7 Å². The van der Waals surface area contributed by atoms with Gasteiger partial charge in [0.15, 0.2) is 0 Å². The van der Waals surface area contributed by atoms with Crippen molar-refractivity contribution in [1.29, 1.82) is 0 Å². The van der Waals surface area contributed by atoms with E-state index in [4.69, 9.17) is 0 Å². The van der Waals surface area contributed by atoms with Crippen LogP contribution < -0.4 is 5.32 Å². The largest absolute Gasteiger partial charge is 0.309 e. The number of nitrogens with zero attached hydrogens (tertiary/aromatic N) is 2. The van der Waals surface area contributed by atoms with Gasteiger partial charge in [-0.3, -0.25) is 0 Å². The van der Waals surface area contributed by atoms with Crippen LogP contribution in [0.3, 0.4) is 0 Å². The molecule has 1 fully saturated rings. The van der Waals surface area contributed by atoms with Crippen LogP contribution in [0.5, 0.6) is 0 Å². The minimum atomic E-state index is 1.04. The summed E-state index contributed by atoms with van der Waals surface area (Å²) >= 11 is 0. The molecular weight excluding hydrogens is 234 g/mol. The molecule has 3 nitrogen and oxygen atoms in total. The molecule has 0 unspecified atom stereocenters. The third-order valence-corrected chi connectivity index (χ3v) is 4.35. The minimum Gasteiger partial charge on any atom is -0.309 e. The van der Waals surface area contributed by atoms with E-state index in [1.54, 1.807) is 0 Å². The summed E-state index contributed by atoms with van der Waals surface area (Å²) in [6, 6.07) is 6.96. The van der Waals surface area contributed by atoms with Gasteiger partial charge in [0.05, 0.1) is 0 Å². The maximum absolute atomic E-state index is 3.41. The van der Waals surface area contributed by atoms with Gasteiger partial charge >= 0.3 is 0 Å². The smallest absolute Gasteiger partial charge is 0.0231 e. The Morgan fingerprint density at radius 3 is 2.79 bits per heavy atom. The van der Waals surface area contributed by atoms with E-state index in [1.807, 2.05) is 0 Å². The first-order valence-electron chi connectivity index (χ1n) is 7.53. The molecule has 1 aromatic carbocycles. The average Bonchev–Trinajstić information content (AvgIpc) is 3.07. The van der Waals surface area contributed by atoms with Gasteiger partial charge in [-0.2, -0.15) is 0 Å². The molecule has 104 valence electrons. The Hall–Kier alpha value is -0.900. The van der Waals surface area contributed by atoms with E-state index >= 15 is 0 Å². The molecule has 0 aromatic heterocycles. The number of benzene rings is 1. The van der Waals surface area contributed by atoms with E-state index in [9.17, 15) is 0 Å². The van der Waals surface area contributed by atoms with Crippen molar-refractivity contribution >= 4 is 0 Å². The summed E-state index contributed by atoms with van der Waals surface area (Å²) in [6.45, 7) is 8.16. The van der Waals surface area contributed by atoms with Crippen LogP contribution in [0, 0.1) is 0 Å². The molecule has 19 heavy (non-hydrogen) atoms. The fourth-order valence-electron chi connectivity index (χ4n) is 3.16. The molecule has 0 saturated carbocycles. The zero-order chi connectivity index (χ0) is 13.1. The average molecular weight is 259 g/mol. The van der Waals surface area contributed by atoms with Crippen LogP contribution in [0.25, 0.3) is 0 Å². The van der Waals surface area contributed by atoms with Crippen LogP contribution in [-0.2, 0) is 19.6 Å². The maximum atomic E-state index is 3.41. The Kier molecular flexibility index (Phi) is 4.16.